The monoisotopic (exact) mass is 524 g/mol. The molecule has 0 aliphatic carbocycles. The summed E-state index contributed by atoms with van der Waals surface area (Å²) in [5.41, 5.74) is 2.74. The smallest absolute Gasteiger partial charge is 0.328 e. The van der Waals surface area contributed by atoms with E-state index in [-0.39, 0.29) is 17.7 Å². The number of halogens is 1. The van der Waals surface area contributed by atoms with Gasteiger partial charge in [0.25, 0.3) is 5.91 Å². The van der Waals surface area contributed by atoms with Gasteiger partial charge in [-0.05, 0) is 74.9 Å². The van der Waals surface area contributed by atoms with Crippen LogP contribution in [0.4, 0.5) is 4.79 Å². The van der Waals surface area contributed by atoms with Crippen molar-refractivity contribution < 1.29 is 14.7 Å². The van der Waals surface area contributed by atoms with Crippen molar-refractivity contribution in [3.05, 3.63) is 63.8 Å². The Bertz CT molecular complexity index is 1290. The van der Waals surface area contributed by atoms with Gasteiger partial charge in [0.2, 0.25) is 0 Å². The fourth-order valence-electron chi connectivity index (χ4n) is 5.56. The van der Waals surface area contributed by atoms with Crippen molar-refractivity contribution >= 4 is 38.8 Å². The second kappa shape index (κ2) is 8.43. The van der Waals surface area contributed by atoms with E-state index in [4.69, 9.17) is 0 Å². The Morgan fingerprint density at radius 1 is 1.21 bits per heavy atom. The number of rotatable bonds is 6. The maximum atomic E-state index is 13.9. The van der Waals surface area contributed by atoms with Gasteiger partial charge in [0.15, 0.2) is 0 Å². The molecular formula is C26H29BrN4O3. The first kappa shape index (κ1) is 22.9. The molecule has 2 unspecified atom stereocenters. The number of phenols is 1. The van der Waals surface area contributed by atoms with E-state index in [1.807, 2.05) is 39.2 Å². The van der Waals surface area contributed by atoms with Crippen LogP contribution in [-0.4, -0.2) is 69.5 Å². The summed E-state index contributed by atoms with van der Waals surface area (Å²) in [6.45, 7) is 3.17. The van der Waals surface area contributed by atoms with Crippen LogP contribution in [-0.2, 0) is 11.2 Å². The van der Waals surface area contributed by atoms with E-state index in [0.717, 1.165) is 45.2 Å². The number of nitrogens with one attached hydrogen (secondary N) is 1. The largest absolute Gasteiger partial charge is 0.508 e. The molecule has 3 aromatic rings. The second-order valence-electron chi connectivity index (χ2n) is 9.53. The highest BCUT2D eigenvalue weighted by Gasteiger charge is 2.61. The van der Waals surface area contributed by atoms with Crippen LogP contribution < -0.4 is 0 Å². The number of carbonyl (C=O) groups excluding carboxylic acids is 2. The average molecular weight is 525 g/mol. The van der Waals surface area contributed by atoms with Crippen LogP contribution in [0.1, 0.15) is 42.6 Å². The van der Waals surface area contributed by atoms with Gasteiger partial charge in [0.05, 0.1) is 0 Å². The molecule has 34 heavy (non-hydrogen) atoms. The van der Waals surface area contributed by atoms with Gasteiger partial charge in [-0.1, -0.05) is 35.0 Å². The van der Waals surface area contributed by atoms with Gasteiger partial charge in [-0.25, -0.2) is 4.79 Å². The third kappa shape index (κ3) is 3.43. The van der Waals surface area contributed by atoms with Gasteiger partial charge in [0.1, 0.15) is 17.3 Å². The maximum Gasteiger partial charge on any atom is 0.328 e. The summed E-state index contributed by atoms with van der Waals surface area (Å²) in [4.78, 5) is 36.6. The zero-order valence-corrected chi connectivity index (χ0v) is 21.2. The molecule has 3 amide bonds. The third-order valence-electron chi connectivity index (χ3n) is 7.20. The number of H-pyrrole nitrogens is 1. The van der Waals surface area contributed by atoms with Crippen LogP contribution >= 0.6 is 15.9 Å². The maximum absolute atomic E-state index is 13.9. The SMILES string of the molecule is CCC12Cc3c([nH]c4ccc(Br)cc34)C(c3cccc(O)c3)N1C(=O)N(CCCN(C)C)C2=O. The average Bonchev–Trinajstić information content (AvgIpc) is 3.25. The number of fused-ring (bicyclic) bond motifs is 4. The van der Waals surface area contributed by atoms with E-state index in [0.29, 0.717) is 19.4 Å². The lowest BCUT2D eigenvalue weighted by molar-refractivity contribution is -0.134. The molecule has 0 bridgehead atoms. The number of aromatic hydroxyl groups is 1. The van der Waals surface area contributed by atoms with Crippen molar-refractivity contribution in [3.8, 4) is 5.75 Å². The van der Waals surface area contributed by atoms with Crippen molar-refractivity contribution in [2.24, 2.45) is 0 Å². The van der Waals surface area contributed by atoms with Crippen molar-refractivity contribution in [1.82, 2.24) is 19.7 Å². The molecule has 2 atom stereocenters. The Morgan fingerprint density at radius 2 is 2.00 bits per heavy atom. The summed E-state index contributed by atoms with van der Waals surface area (Å²) in [5.74, 6) is 0.00490. The quantitative estimate of drug-likeness (QED) is 0.460. The van der Waals surface area contributed by atoms with Crippen molar-refractivity contribution in [3.63, 3.8) is 0 Å². The van der Waals surface area contributed by atoms with Crippen LogP contribution in [0.5, 0.6) is 5.75 Å². The highest BCUT2D eigenvalue weighted by Crippen LogP contribution is 2.50. The number of aromatic amines is 1. The Morgan fingerprint density at radius 3 is 2.71 bits per heavy atom. The summed E-state index contributed by atoms with van der Waals surface area (Å²) in [7, 11) is 3.97. The molecule has 7 nitrogen and oxygen atoms in total. The first-order valence-electron chi connectivity index (χ1n) is 11.7. The van der Waals surface area contributed by atoms with E-state index in [9.17, 15) is 14.7 Å². The lowest BCUT2D eigenvalue weighted by Gasteiger charge is -2.44. The number of nitrogens with zero attached hydrogens (tertiary/aromatic N) is 3. The molecule has 0 radical (unpaired) electrons. The second-order valence-corrected chi connectivity index (χ2v) is 10.4. The third-order valence-corrected chi connectivity index (χ3v) is 7.69. The lowest BCUT2D eigenvalue weighted by atomic mass is 9.78. The van der Waals surface area contributed by atoms with Crippen molar-refractivity contribution in [1.29, 1.82) is 0 Å². The van der Waals surface area contributed by atoms with E-state index in [2.05, 4.69) is 31.9 Å². The van der Waals surface area contributed by atoms with E-state index < -0.39 is 11.6 Å². The summed E-state index contributed by atoms with van der Waals surface area (Å²) in [5, 5.41) is 11.3. The summed E-state index contributed by atoms with van der Waals surface area (Å²) in [6.07, 6.45) is 1.69. The van der Waals surface area contributed by atoms with Crippen LogP contribution in [0.3, 0.4) is 0 Å². The molecule has 8 heteroatoms. The molecule has 0 saturated carbocycles. The zero-order chi connectivity index (χ0) is 24.2. The molecule has 2 aliphatic rings. The molecule has 1 fully saturated rings. The van der Waals surface area contributed by atoms with Gasteiger partial charge in [-0.2, -0.15) is 0 Å². The predicted octanol–water partition coefficient (Wildman–Crippen LogP) is 4.65. The lowest BCUT2D eigenvalue weighted by Crippen LogP contribution is -2.55. The number of amides is 3. The normalized spacial score (nSPS) is 22.1. The molecule has 3 heterocycles. The zero-order valence-electron chi connectivity index (χ0n) is 19.6. The highest BCUT2D eigenvalue weighted by molar-refractivity contribution is 9.10. The molecule has 2 aliphatic heterocycles. The Balaban J connectivity index is 1.69. The number of aromatic nitrogens is 1. The fraction of sp³-hybridized carbons (Fsp3) is 0.385. The Hall–Kier alpha value is -2.84. The number of urea groups is 1. The first-order valence-corrected chi connectivity index (χ1v) is 12.4. The molecule has 5 rings (SSSR count). The Labute approximate surface area is 207 Å². The number of benzene rings is 2. The number of imide groups is 1. The predicted molar refractivity (Wildman–Crippen MR) is 135 cm³/mol. The van der Waals surface area contributed by atoms with Crippen LogP contribution in [0.25, 0.3) is 10.9 Å². The first-order chi connectivity index (χ1) is 16.3. The minimum atomic E-state index is -0.963. The molecule has 1 saturated heterocycles. The van der Waals surface area contributed by atoms with Crippen LogP contribution in [0.15, 0.2) is 46.9 Å². The van der Waals surface area contributed by atoms with Crippen molar-refractivity contribution in [2.75, 3.05) is 27.2 Å². The molecule has 1 aromatic heterocycles. The van der Waals surface area contributed by atoms with Gasteiger partial charge < -0.3 is 15.0 Å². The fourth-order valence-corrected chi connectivity index (χ4v) is 5.92. The standard InChI is InChI=1S/C26H29BrN4O3/c1-4-26-15-20-19-14-17(27)9-10-21(19)28-22(20)23(16-7-5-8-18(32)13-16)31(26)25(34)30(24(26)33)12-6-11-29(2)3/h5,7-10,13-14,23,28,32H,4,6,11-12,15H2,1-3H3. The molecule has 2 N–H and O–H groups in total. The molecule has 178 valence electrons. The topological polar surface area (TPSA) is 79.9 Å². The number of hydrogen-bond acceptors (Lipinski definition) is 4. The van der Waals surface area contributed by atoms with Crippen LogP contribution in [0.2, 0.25) is 0 Å². The minimum absolute atomic E-state index is 0.126. The van der Waals surface area contributed by atoms with Crippen LogP contribution in [0, 0.1) is 0 Å². The van der Waals surface area contributed by atoms with E-state index >= 15 is 0 Å². The highest BCUT2D eigenvalue weighted by atomic mass is 79.9. The summed E-state index contributed by atoms with van der Waals surface area (Å²) in [6, 6.07) is 12.3. The number of phenolic OH excluding ortho intramolecular Hbond substituents is 1. The van der Waals surface area contributed by atoms with Gasteiger partial charge in [-0.15, -0.1) is 0 Å². The van der Waals surface area contributed by atoms with E-state index in [1.54, 1.807) is 23.1 Å². The molecule has 0 spiro atoms. The Kier molecular flexibility index (Phi) is 5.68. The summed E-state index contributed by atoms with van der Waals surface area (Å²) < 4.78 is 0.961. The minimum Gasteiger partial charge on any atom is -0.508 e. The number of carbonyl (C=O) groups is 2. The number of hydrogen-bond donors (Lipinski definition) is 2. The van der Waals surface area contributed by atoms with Crippen molar-refractivity contribution in [2.45, 2.75) is 37.8 Å². The van der Waals surface area contributed by atoms with Gasteiger partial charge in [-0.3, -0.25) is 14.6 Å². The summed E-state index contributed by atoms with van der Waals surface area (Å²) >= 11 is 3.58. The van der Waals surface area contributed by atoms with E-state index in [1.165, 1.54) is 4.90 Å². The molecule has 2 aromatic carbocycles. The molecular weight excluding hydrogens is 496 g/mol. The van der Waals surface area contributed by atoms with Gasteiger partial charge >= 0.3 is 6.03 Å². The van der Waals surface area contributed by atoms with Gasteiger partial charge in [0, 0.05) is 34.0 Å².